The van der Waals surface area contributed by atoms with Crippen molar-refractivity contribution in [2.75, 3.05) is 20.8 Å². The van der Waals surface area contributed by atoms with Crippen LogP contribution in [0.15, 0.2) is 12.1 Å². The minimum absolute atomic E-state index is 0.0908. The zero-order chi connectivity index (χ0) is 13.8. The van der Waals surface area contributed by atoms with Crippen LogP contribution in [0.5, 0.6) is 11.5 Å². The molecule has 0 atom stereocenters. The van der Waals surface area contributed by atoms with Crippen molar-refractivity contribution in [3.8, 4) is 11.5 Å². The molecule has 0 heterocycles. The fraction of sp³-hybridized carbons (Fsp3) is 0.500. The van der Waals surface area contributed by atoms with E-state index in [1.54, 1.807) is 19.1 Å². The molecule has 1 rings (SSSR count). The molecule has 0 aliphatic heterocycles. The lowest BCUT2D eigenvalue weighted by atomic mass is 10.1. The first-order valence-electron chi connectivity index (χ1n) is 5.37. The summed E-state index contributed by atoms with van der Waals surface area (Å²) in [5.41, 5.74) is 1.44. The van der Waals surface area contributed by atoms with Crippen LogP contribution in [-0.4, -0.2) is 26.9 Å². The molecule has 0 unspecified atom stereocenters. The molecule has 0 radical (unpaired) electrons. The molecule has 1 aromatic rings. The van der Waals surface area contributed by atoms with Gasteiger partial charge in [-0.3, -0.25) is 0 Å². The number of hydrogen-bond donors (Lipinski definition) is 1. The third-order valence-corrected chi connectivity index (χ3v) is 2.50. The van der Waals surface area contributed by atoms with E-state index in [9.17, 15) is 13.2 Å². The number of halogens is 3. The third kappa shape index (κ3) is 3.80. The van der Waals surface area contributed by atoms with Crippen molar-refractivity contribution in [1.82, 2.24) is 5.32 Å². The van der Waals surface area contributed by atoms with E-state index in [0.29, 0.717) is 17.1 Å². The highest BCUT2D eigenvalue weighted by Gasteiger charge is 2.26. The van der Waals surface area contributed by atoms with Gasteiger partial charge in [0.2, 0.25) is 0 Å². The number of hydrogen-bond acceptors (Lipinski definition) is 3. The molecule has 0 aliphatic carbocycles. The van der Waals surface area contributed by atoms with Gasteiger partial charge in [0.05, 0.1) is 20.8 Å². The van der Waals surface area contributed by atoms with Crippen LogP contribution in [0.3, 0.4) is 0 Å². The van der Waals surface area contributed by atoms with Crippen molar-refractivity contribution in [1.29, 1.82) is 0 Å². The van der Waals surface area contributed by atoms with Gasteiger partial charge < -0.3 is 14.8 Å². The quantitative estimate of drug-likeness (QED) is 0.886. The first kappa shape index (κ1) is 14.6. The average Bonchev–Trinajstić information content (AvgIpc) is 2.28. The van der Waals surface area contributed by atoms with E-state index in [1.807, 2.05) is 0 Å². The predicted molar refractivity (Wildman–Crippen MR) is 62.0 cm³/mol. The van der Waals surface area contributed by atoms with E-state index in [2.05, 4.69) is 5.32 Å². The Morgan fingerprint density at radius 1 is 1.17 bits per heavy atom. The summed E-state index contributed by atoms with van der Waals surface area (Å²) in [5, 5.41) is 2.34. The Morgan fingerprint density at radius 3 is 2.33 bits per heavy atom. The second-order valence-electron chi connectivity index (χ2n) is 3.80. The van der Waals surface area contributed by atoms with Gasteiger partial charge in [0.25, 0.3) is 0 Å². The maximum absolute atomic E-state index is 12.0. The zero-order valence-corrected chi connectivity index (χ0v) is 10.5. The predicted octanol–water partition coefficient (Wildman–Crippen LogP) is 2.66. The second-order valence-corrected chi connectivity index (χ2v) is 3.80. The zero-order valence-electron chi connectivity index (χ0n) is 10.5. The number of methoxy groups -OCH3 is 2. The third-order valence-electron chi connectivity index (χ3n) is 2.50. The molecule has 0 aliphatic rings. The maximum Gasteiger partial charge on any atom is 0.401 e. The van der Waals surface area contributed by atoms with Crippen LogP contribution < -0.4 is 14.8 Å². The highest BCUT2D eigenvalue weighted by atomic mass is 19.4. The molecule has 1 N–H and O–H groups in total. The van der Waals surface area contributed by atoms with E-state index in [1.165, 1.54) is 14.2 Å². The lowest BCUT2D eigenvalue weighted by Gasteiger charge is -2.15. The monoisotopic (exact) mass is 263 g/mol. The number of rotatable bonds is 5. The standard InChI is InChI=1S/C12H16F3NO2/c1-8-10(17-2)5-4-9(11(8)18-3)6-16-7-12(13,14)15/h4-5,16H,6-7H2,1-3H3. The Bertz CT molecular complexity index is 405. The van der Waals surface area contributed by atoms with Gasteiger partial charge in [0.1, 0.15) is 11.5 Å². The Hall–Kier alpha value is -1.43. The van der Waals surface area contributed by atoms with Crippen molar-refractivity contribution in [3.63, 3.8) is 0 Å². The maximum atomic E-state index is 12.0. The first-order valence-corrected chi connectivity index (χ1v) is 5.37. The molecule has 0 saturated heterocycles. The molecule has 0 aromatic heterocycles. The normalized spacial score (nSPS) is 11.4. The van der Waals surface area contributed by atoms with Crippen molar-refractivity contribution in [2.45, 2.75) is 19.6 Å². The van der Waals surface area contributed by atoms with Crippen LogP contribution >= 0.6 is 0 Å². The fourth-order valence-electron chi connectivity index (χ4n) is 1.71. The number of benzene rings is 1. The SMILES string of the molecule is COc1ccc(CNCC(F)(F)F)c(OC)c1C. The Balaban J connectivity index is 2.80. The molecule has 1 aromatic carbocycles. The molecule has 6 heteroatoms. The average molecular weight is 263 g/mol. The summed E-state index contributed by atoms with van der Waals surface area (Å²) in [4.78, 5) is 0. The van der Waals surface area contributed by atoms with Crippen molar-refractivity contribution < 1.29 is 22.6 Å². The van der Waals surface area contributed by atoms with Gasteiger partial charge in [-0.05, 0) is 13.0 Å². The summed E-state index contributed by atoms with van der Waals surface area (Å²) in [6.45, 7) is 0.861. The number of ether oxygens (including phenoxy) is 2. The molecule has 0 bridgehead atoms. The molecule has 3 nitrogen and oxygen atoms in total. The molecular weight excluding hydrogens is 247 g/mol. The smallest absolute Gasteiger partial charge is 0.401 e. The van der Waals surface area contributed by atoms with Crippen LogP contribution in [0.4, 0.5) is 13.2 Å². The fourth-order valence-corrected chi connectivity index (χ4v) is 1.71. The van der Waals surface area contributed by atoms with Crippen LogP contribution in [-0.2, 0) is 6.54 Å². The van der Waals surface area contributed by atoms with E-state index < -0.39 is 12.7 Å². The highest BCUT2D eigenvalue weighted by Crippen LogP contribution is 2.31. The lowest BCUT2D eigenvalue weighted by Crippen LogP contribution is -2.28. The Kier molecular flexibility index (Phi) is 4.84. The second kappa shape index (κ2) is 5.95. The van der Waals surface area contributed by atoms with Crippen LogP contribution in [0.1, 0.15) is 11.1 Å². The van der Waals surface area contributed by atoms with Crippen molar-refractivity contribution in [2.24, 2.45) is 0 Å². The summed E-state index contributed by atoms with van der Waals surface area (Å²) < 4.78 is 46.4. The van der Waals surface area contributed by atoms with Crippen molar-refractivity contribution >= 4 is 0 Å². The summed E-state index contributed by atoms with van der Waals surface area (Å²) in [6, 6.07) is 3.40. The van der Waals surface area contributed by atoms with Gasteiger partial charge >= 0.3 is 6.18 Å². The van der Waals surface area contributed by atoms with Gasteiger partial charge in [-0.2, -0.15) is 13.2 Å². The topological polar surface area (TPSA) is 30.5 Å². The van der Waals surface area contributed by atoms with Gasteiger partial charge in [-0.25, -0.2) is 0 Å². The summed E-state index contributed by atoms with van der Waals surface area (Å²) in [6.07, 6.45) is -4.21. The van der Waals surface area contributed by atoms with E-state index in [4.69, 9.17) is 9.47 Å². The Labute approximate surface area is 104 Å². The lowest BCUT2D eigenvalue weighted by molar-refractivity contribution is -0.125. The first-order chi connectivity index (χ1) is 8.39. The summed E-state index contributed by atoms with van der Waals surface area (Å²) >= 11 is 0. The van der Waals surface area contributed by atoms with Gasteiger partial charge in [0.15, 0.2) is 0 Å². The number of alkyl halides is 3. The molecule has 0 amide bonds. The van der Waals surface area contributed by atoms with E-state index in [-0.39, 0.29) is 6.54 Å². The van der Waals surface area contributed by atoms with Crippen LogP contribution in [0.25, 0.3) is 0 Å². The molecule has 0 fully saturated rings. The van der Waals surface area contributed by atoms with Crippen LogP contribution in [0, 0.1) is 6.92 Å². The van der Waals surface area contributed by atoms with Gasteiger partial charge in [-0.1, -0.05) is 6.07 Å². The highest BCUT2D eigenvalue weighted by molar-refractivity contribution is 5.49. The molecule has 18 heavy (non-hydrogen) atoms. The van der Waals surface area contributed by atoms with E-state index >= 15 is 0 Å². The summed E-state index contributed by atoms with van der Waals surface area (Å²) in [7, 11) is 3.01. The van der Waals surface area contributed by atoms with Crippen LogP contribution in [0.2, 0.25) is 0 Å². The minimum atomic E-state index is -4.21. The number of nitrogens with one attached hydrogen (secondary N) is 1. The van der Waals surface area contributed by atoms with Gasteiger partial charge in [0, 0.05) is 17.7 Å². The molecule has 0 spiro atoms. The van der Waals surface area contributed by atoms with Crippen molar-refractivity contribution in [3.05, 3.63) is 23.3 Å². The largest absolute Gasteiger partial charge is 0.496 e. The molecule has 0 saturated carbocycles. The Morgan fingerprint density at radius 2 is 1.83 bits per heavy atom. The molecule has 102 valence electrons. The van der Waals surface area contributed by atoms with E-state index in [0.717, 1.165) is 5.56 Å². The summed E-state index contributed by atoms with van der Waals surface area (Å²) in [5.74, 6) is 1.19. The molecular formula is C12H16F3NO2. The van der Waals surface area contributed by atoms with Gasteiger partial charge in [-0.15, -0.1) is 0 Å². The minimum Gasteiger partial charge on any atom is -0.496 e.